The van der Waals surface area contributed by atoms with Crippen molar-refractivity contribution < 1.29 is 14.6 Å². The van der Waals surface area contributed by atoms with E-state index in [4.69, 9.17) is 4.74 Å². The minimum atomic E-state index is 0.338. The van der Waals surface area contributed by atoms with Crippen molar-refractivity contribution in [2.45, 2.75) is 58.0 Å². The molecule has 2 aromatic carbocycles. The Morgan fingerprint density at radius 3 is 2.47 bits per heavy atom. The van der Waals surface area contributed by atoms with Gasteiger partial charge in [0.05, 0.1) is 7.11 Å². The summed E-state index contributed by atoms with van der Waals surface area (Å²) in [5.41, 5.74) is 2.98. The molecule has 0 unspecified atom stereocenters. The highest BCUT2D eigenvalue weighted by Crippen LogP contribution is 2.25. The summed E-state index contributed by atoms with van der Waals surface area (Å²) < 4.78 is 7.49. The van der Waals surface area contributed by atoms with E-state index in [1.54, 1.807) is 13.2 Å². The molecule has 5 heteroatoms. The normalized spacial score (nSPS) is 11.3. The van der Waals surface area contributed by atoms with Crippen molar-refractivity contribution in [3.63, 3.8) is 0 Å². The number of fused-ring (bicyclic) bond motifs is 1. The van der Waals surface area contributed by atoms with Crippen molar-refractivity contribution in [3.8, 4) is 11.5 Å². The monoisotopic (exact) mass is 436 g/mol. The molecule has 0 spiro atoms. The van der Waals surface area contributed by atoms with Gasteiger partial charge in [0.25, 0.3) is 0 Å². The Morgan fingerprint density at radius 1 is 1.00 bits per heavy atom. The van der Waals surface area contributed by atoms with E-state index in [9.17, 15) is 9.90 Å². The van der Waals surface area contributed by atoms with Crippen molar-refractivity contribution in [2.24, 2.45) is 0 Å². The maximum Gasteiger partial charge on any atom is 0.152 e. The van der Waals surface area contributed by atoms with Gasteiger partial charge < -0.3 is 19.3 Å². The third kappa shape index (κ3) is 6.86. The number of carbonyl (C=O) groups is 1. The van der Waals surface area contributed by atoms with E-state index in [0.29, 0.717) is 5.75 Å². The van der Waals surface area contributed by atoms with Crippen molar-refractivity contribution in [1.82, 2.24) is 9.47 Å². The van der Waals surface area contributed by atoms with E-state index in [-0.39, 0.29) is 0 Å². The van der Waals surface area contributed by atoms with Crippen LogP contribution in [0.2, 0.25) is 0 Å². The van der Waals surface area contributed by atoms with Crippen LogP contribution >= 0.6 is 0 Å². The van der Waals surface area contributed by atoms with Gasteiger partial charge in [-0.25, -0.2) is 0 Å². The van der Waals surface area contributed by atoms with Gasteiger partial charge in [0.1, 0.15) is 11.5 Å². The Morgan fingerprint density at radius 2 is 1.75 bits per heavy atom. The SMILES string of the molecule is COc1ccc2c(c1)c(C=O)cn2CCCCCCCCCN(C)Cc1cccc(O)c1. The third-order valence-electron chi connectivity index (χ3n) is 6.05. The molecule has 0 bridgehead atoms. The number of aldehydes is 1. The van der Waals surface area contributed by atoms with Gasteiger partial charge in [-0.1, -0.05) is 44.2 Å². The fourth-order valence-corrected chi connectivity index (χ4v) is 4.30. The molecule has 172 valence electrons. The van der Waals surface area contributed by atoms with Crippen LogP contribution in [-0.2, 0) is 13.1 Å². The molecule has 1 aromatic heterocycles. The van der Waals surface area contributed by atoms with Gasteiger partial charge in [-0.15, -0.1) is 0 Å². The molecule has 0 aliphatic rings. The topological polar surface area (TPSA) is 54.7 Å². The molecule has 3 rings (SSSR count). The number of methoxy groups -OCH3 is 1. The number of aryl methyl sites for hydroxylation is 1. The molecule has 0 aliphatic heterocycles. The number of nitrogens with zero attached hydrogens (tertiary/aromatic N) is 2. The molecule has 1 N–H and O–H groups in total. The molecule has 0 aliphatic carbocycles. The first kappa shape index (κ1) is 23.9. The number of hydrogen-bond acceptors (Lipinski definition) is 4. The van der Waals surface area contributed by atoms with Gasteiger partial charge in [-0.3, -0.25) is 4.79 Å². The molecule has 5 nitrogen and oxygen atoms in total. The van der Waals surface area contributed by atoms with Crippen LogP contribution in [0.4, 0.5) is 0 Å². The minimum absolute atomic E-state index is 0.338. The molecule has 0 fully saturated rings. The molecule has 0 saturated carbocycles. The first-order chi connectivity index (χ1) is 15.6. The zero-order valence-corrected chi connectivity index (χ0v) is 19.4. The second kappa shape index (κ2) is 12.3. The van der Waals surface area contributed by atoms with Crippen molar-refractivity contribution in [2.75, 3.05) is 20.7 Å². The number of unbranched alkanes of at least 4 members (excludes halogenated alkanes) is 6. The van der Waals surface area contributed by atoms with Crippen molar-refractivity contribution >= 4 is 17.2 Å². The van der Waals surface area contributed by atoms with Crippen LogP contribution in [0.5, 0.6) is 11.5 Å². The summed E-state index contributed by atoms with van der Waals surface area (Å²) in [4.78, 5) is 13.7. The molecule has 0 radical (unpaired) electrons. The largest absolute Gasteiger partial charge is 0.508 e. The summed E-state index contributed by atoms with van der Waals surface area (Å²) in [6.45, 7) is 2.90. The van der Waals surface area contributed by atoms with E-state index >= 15 is 0 Å². The maximum atomic E-state index is 11.4. The van der Waals surface area contributed by atoms with E-state index in [0.717, 1.165) is 60.1 Å². The van der Waals surface area contributed by atoms with E-state index in [1.165, 1.54) is 38.5 Å². The average molecular weight is 437 g/mol. The highest BCUT2D eigenvalue weighted by atomic mass is 16.5. The summed E-state index contributed by atoms with van der Waals surface area (Å²) in [5, 5.41) is 10.5. The number of phenols is 1. The zero-order chi connectivity index (χ0) is 22.8. The number of benzene rings is 2. The molecular formula is C27H36N2O3. The third-order valence-corrected chi connectivity index (χ3v) is 6.05. The Balaban J connectivity index is 1.28. The lowest BCUT2D eigenvalue weighted by molar-refractivity contribution is 0.112. The van der Waals surface area contributed by atoms with Gasteiger partial charge in [0, 0.05) is 35.8 Å². The van der Waals surface area contributed by atoms with Crippen LogP contribution < -0.4 is 4.74 Å². The van der Waals surface area contributed by atoms with Crippen LogP contribution in [0.3, 0.4) is 0 Å². The Hall–Kier alpha value is -2.79. The molecular weight excluding hydrogens is 400 g/mol. The average Bonchev–Trinajstić information content (AvgIpc) is 3.14. The van der Waals surface area contributed by atoms with Crippen molar-refractivity contribution in [3.05, 3.63) is 59.8 Å². The zero-order valence-electron chi connectivity index (χ0n) is 19.4. The Labute approximate surface area is 191 Å². The van der Waals surface area contributed by atoms with Crippen LogP contribution in [0.1, 0.15) is 60.9 Å². The Bertz CT molecular complexity index is 996. The van der Waals surface area contributed by atoms with E-state index < -0.39 is 0 Å². The van der Waals surface area contributed by atoms with Gasteiger partial charge in [-0.2, -0.15) is 0 Å². The molecule has 0 atom stereocenters. The van der Waals surface area contributed by atoms with Gasteiger partial charge in [-0.05, 0) is 62.3 Å². The quantitative estimate of drug-likeness (QED) is 0.248. The predicted octanol–water partition coefficient (Wildman–Crippen LogP) is 6.03. The maximum absolute atomic E-state index is 11.4. The molecule has 0 amide bonds. The highest BCUT2D eigenvalue weighted by Gasteiger charge is 2.09. The number of aromatic nitrogens is 1. The van der Waals surface area contributed by atoms with E-state index in [1.807, 2.05) is 36.5 Å². The second-order valence-electron chi connectivity index (χ2n) is 8.66. The highest BCUT2D eigenvalue weighted by molar-refractivity contribution is 5.98. The number of phenolic OH excluding ortho intramolecular Hbond substituents is 1. The predicted molar refractivity (Wildman–Crippen MR) is 131 cm³/mol. The summed E-state index contributed by atoms with van der Waals surface area (Å²) in [5.74, 6) is 1.12. The lowest BCUT2D eigenvalue weighted by Crippen LogP contribution is -2.18. The first-order valence-electron chi connectivity index (χ1n) is 11.7. The van der Waals surface area contributed by atoms with Gasteiger partial charge in [0.15, 0.2) is 6.29 Å². The standard InChI is InChI=1S/C27H36N2O3/c1-28(19-22-11-10-12-24(31)17-22)15-8-6-4-3-5-7-9-16-29-20-23(21-30)26-18-25(32-2)13-14-27(26)29/h10-14,17-18,20-21,31H,3-9,15-16,19H2,1-2H3. The van der Waals surface area contributed by atoms with Crippen LogP contribution in [-0.4, -0.2) is 41.6 Å². The van der Waals surface area contributed by atoms with Crippen molar-refractivity contribution in [1.29, 1.82) is 0 Å². The van der Waals surface area contributed by atoms with Crippen LogP contribution in [0, 0.1) is 0 Å². The summed E-state index contributed by atoms with van der Waals surface area (Å²) in [6, 6.07) is 13.4. The number of hydrogen-bond donors (Lipinski definition) is 1. The molecule has 32 heavy (non-hydrogen) atoms. The lowest BCUT2D eigenvalue weighted by atomic mass is 10.1. The molecule has 0 saturated heterocycles. The van der Waals surface area contributed by atoms with Gasteiger partial charge in [0.2, 0.25) is 0 Å². The van der Waals surface area contributed by atoms with Crippen LogP contribution in [0.15, 0.2) is 48.7 Å². The number of ether oxygens (including phenoxy) is 1. The first-order valence-corrected chi connectivity index (χ1v) is 11.7. The van der Waals surface area contributed by atoms with Crippen LogP contribution in [0.25, 0.3) is 10.9 Å². The molecule has 1 heterocycles. The summed E-state index contributed by atoms with van der Waals surface area (Å²) >= 11 is 0. The minimum Gasteiger partial charge on any atom is -0.508 e. The second-order valence-corrected chi connectivity index (χ2v) is 8.66. The number of aromatic hydroxyl groups is 1. The Kier molecular flexibility index (Phi) is 9.17. The number of carbonyl (C=O) groups excluding carboxylic acids is 1. The fraction of sp³-hybridized carbons (Fsp3) is 0.444. The number of rotatable bonds is 14. The smallest absolute Gasteiger partial charge is 0.152 e. The summed E-state index contributed by atoms with van der Waals surface area (Å²) in [7, 11) is 3.79. The van der Waals surface area contributed by atoms with Gasteiger partial charge >= 0.3 is 0 Å². The summed E-state index contributed by atoms with van der Waals surface area (Å²) in [6.07, 6.45) is 11.5. The molecule has 3 aromatic rings. The fourth-order valence-electron chi connectivity index (χ4n) is 4.30. The van der Waals surface area contributed by atoms with E-state index in [2.05, 4.69) is 22.6 Å². The lowest BCUT2D eigenvalue weighted by Gasteiger charge is -2.16.